The van der Waals surface area contributed by atoms with Crippen LogP contribution in [0.5, 0.6) is 5.75 Å². The molecule has 0 bridgehead atoms. The highest BCUT2D eigenvalue weighted by molar-refractivity contribution is 7.96. The first-order valence-corrected chi connectivity index (χ1v) is 4.85. The summed E-state index contributed by atoms with van der Waals surface area (Å²) >= 11 is 3.61. The molecule has 1 rings (SSSR count). The average Bonchev–Trinajstić information content (AvgIpc) is 2.16. The summed E-state index contributed by atoms with van der Waals surface area (Å²) in [7, 11) is 0. The Morgan fingerprint density at radius 1 is 1.57 bits per heavy atom. The van der Waals surface area contributed by atoms with Crippen LogP contribution in [0.4, 0.5) is 4.79 Å². The monoisotopic (exact) mass is 211 g/mol. The Bertz CT molecular complexity index is 315. The van der Waals surface area contributed by atoms with Crippen molar-refractivity contribution in [3.05, 3.63) is 29.8 Å². The maximum atomic E-state index is 10.5. The number of rotatable bonds is 4. The van der Waals surface area contributed by atoms with Gasteiger partial charge >= 0.3 is 0 Å². The minimum Gasteiger partial charge on any atom is -0.494 e. The van der Waals surface area contributed by atoms with Crippen LogP contribution in [0.25, 0.3) is 0 Å². The number of thiol groups is 1. The highest BCUT2D eigenvalue weighted by Gasteiger charge is 1.97. The standard InChI is InChI=1S/C10H13NO2S/c1-2-13-9-5-3-4-8(6-9)7-11-10(12)14/h3-6H,2,7H2,1H3,(H2,11,12,14). The van der Waals surface area contributed by atoms with Gasteiger partial charge in [0.05, 0.1) is 6.61 Å². The third-order valence-electron chi connectivity index (χ3n) is 1.65. The first-order valence-electron chi connectivity index (χ1n) is 4.41. The van der Waals surface area contributed by atoms with Crippen LogP contribution in [-0.4, -0.2) is 11.8 Å². The van der Waals surface area contributed by atoms with Crippen LogP contribution >= 0.6 is 12.6 Å². The van der Waals surface area contributed by atoms with Gasteiger partial charge in [0.15, 0.2) is 0 Å². The zero-order valence-corrected chi connectivity index (χ0v) is 8.88. The van der Waals surface area contributed by atoms with E-state index in [1.165, 1.54) is 0 Å². The van der Waals surface area contributed by atoms with Gasteiger partial charge in [-0.3, -0.25) is 4.79 Å². The molecule has 0 aliphatic carbocycles. The molecule has 3 nitrogen and oxygen atoms in total. The third kappa shape index (κ3) is 3.70. The van der Waals surface area contributed by atoms with E-state index in [1.807, 2.05) is 31.2 Å². The topological polar surface area (TPSA) is 38.3 Å². The number of nitrogens with one attached hydrogen (secondary N) is 1. The zero-order chi connectivity index (χ0) is 10.4. The van der Waals surface area contributed by atoms with E-state index >= 15 is 0 Å². The first-order chi connectivity index (χ1) is 6.72. The van der Waals surface area contributed by atoms with Crippen LogP contribution in [-0.2, 0) is 6.54 Å². The molecule has 1 aromatic rings. The van der Waals surface area contributed by atoms with Crippen molar-refractivity contribution in [1.82, 2.24) is 5.32 Å². The van der Waals surface area contributed by atoms with Gasteiger partial charge in [-0.05, 0) is 24.6 Å². The summed E-state index contributed by atoms with van der Waals surface area (Å²) < 4.78 is 5.32. The molecule has 76 valence electrons. The van der Waals surface area contributed by atoms with Crippen LogP contribution in [0.3, 0.4) is 0 Å². The normalized spacial score (nSPS) is 9.57. The number of benzene rings is 1. The Balaban J connectivity index is 2.58. The number of carbonyl (C=O) groups is 1. The summed E-state index contributed by atoms with van der Waals surface area (Å²) in [5, 5.41) is 2.27. The zero-order valence-electron chi connectivity index (χ0n) is 7.99. The molecule has 0 aromatic heterocycles. The molecule has 0 spiro atoms. The molecule has 0 saturated heterocycles. The van der Waals surface area contributed by atoms with Gasteiger partial charge < -0.3 is 10.1 Å². The molecule has 1 aromatic carbocycles. The molecule has 14 heavy (non-hydrogen) atoms. The second-order valence-corrected chi connectivity index (χ2v) is 3.15. The predicted octanol–water partition coefficient (Wildman–Crippen LogP) is 2.22. The molecule has 1 N–H and O–H groups in total. The lowest BCUT2D eigenvalue weighted by molar-refractivity contribution is 0.260. The molecule has 0 aliphatic heterocycles. The Morgan fingerprint density at radius 2 is 2.36 bits per heavy atom. The lowest BCUT2D eigenvalue weighted by atomic mass is 10.2. The molecule has 0 saturated carbocycles. The Labute approximate surface area is 88.9 Å². The quantitative estimate of drug-likeness (QED) is 0.749. The molecule has 0 atom stereocenters. The highest BCUT2D eigenvalue weighted by atomic mass is 32.1. The van der Waals surface area contributed by atoms with E-state index < -0.39 is 0 Å². The number of carbonyl (C=O) groups excluding carboxylic acids is 1. The number of amides is 1. The molecule has 1 amide bonds. The van der Waals surface area contributed by atoms with Gasteiger partial charge in [0.1, 0.15) is 5.75 Å². The smallest absolute Gasteiger partial charge is 0.276 e. The Kier molecular flexibility index (Phi) is 4.32. The van der Waals surface area contributed by atoms with Crippen molar-refractivity contribution in [1.29, 1.82) is 0 Å². The van der Waals surface area contributed by atoms with E-state index in [9.17, 15) is 4.79 Å². The van der Waals surface area contributed by atoms with E-state index in [2.05, 4.69) is 17.9 Å². The minimum absolute atomic E-state index is 0.327. The van der Waals surface area contributed by atoms with Gasteiger partial charge in [-0.25, -0.2) is 0 Å². The fraction of sp³-hybridized carbons (Fsp3) is 0.300. The van der Waals surface area contributed by atoms with Gasteiger partial charge in [0.25, 0.3) is 5.24 Å². The molecule has 0 aliphatic rings. The highest BCUT2D eigenvalue weighted by Crippen LogP contribution is 2.12. The van der Waals surface area contributed by atoms with Crippen molar-refractivity contribution in [2.24, 2.45) is 0 Å². The summed E-state index contributed by atoms with van der Waals surface area (Å²) in [6.45, 7) is 3.05. The van der Waals surface area contributed by atoms with Crippen LogP contribution < -0.4 is 10.1 Å². The molecule has 4 heteroatoms. The van der Waals surface area contributed by atoms with Crippen molar-refractivity contribution in [3.63, 3.8) is 0 Å². The van der Waals surface area contributed by atoms with Crippen LogP contribution in [0, 0.1) is 0 Å². The second kappa shape index (κ2) is 5.54. The molecule has 0 radical (unpaired) electrons. The summed E-state index contributed by atoms with van der Waals surface area (Å²) in [5.74, 6) is 0.818. The van der Waals surface area contributed by atoms with Gasteiger partial charge in [0, 0.05) is 6.54 Å². The van der Waals surface area contributed by atoms with E-state index in [0.717, 1.165) is 11.3 Å². The summed E-state index contributed by atoms with van der Waals surface area (Å²) in [6.07, 6.45) is 0. The molecular formula is C10H13NO2S. The molecular weight excluding hydrogens is 198 g/mol. The van der Waals surface area contributed by atoms with E-state index in [0.29, 0.717) is 13.2 Å². The third-order valence-corrected chi connectivity index (χ3v) is 1.81. The number of hydrogen-bond donors (Lipinski definition) is 2. The average molecular weight is 211 g/mol. The Morgan fingerprint density at radius 3 is 3.00 bits per heavy atom. The van der Waals surface area contributed by atoms with Crippen molar-refractivity contribution < 1.29 is 9.53 Å². The Hall–Kier alpha value is -1.16. The van der Waals surface area contributed by atoms with Crippen molar-refractivity contribution in [3.8, 4) is 5.75 Å². The van der Waals surface area contributed by atoms with Crippen molar-refractivity contribution in [2.75, 3.05) is 6.61 Å². The predicted molar refractivity (Wildman–Crippen MR) is 58.8 cm³/mol. The largest absolute Gasteiger partial charge is 0.494 e. The van der Waals surface area contributed by atoms with Crippen molar-refractivity contribution >= 4 is 17.9 Å². The van der Waals surface area contributed by atoms with E-state index in [4.69, 9.17) is 4.74 Å². The first kappa shape index (κ1) is 10.9. The second-order valence-electron chi connectivity index (χ2n) is 2.74. The van der Waals surface area contributed by atoms with Crippen LogP contribution in [0.1, 0.15) is 12.5 Å². The maximum Gasteiger partial charge on any atom is 0.276 e. The fourth-order valence-corrected chi connectivity index (χ4v) is 1.17. The minimum atomic E-state index is -0.327. The number of hydrogen-bond acceptors (Lipinski definition) is 2. The summed E-state index contributed by atoms with van der Waals surface area (Å²) in [6, 6.07) is 7.60. The van der Waals surface area contributed by atoms with E-state index in [1.54, 1.807) is 0 Å². The van der Waals surface area contributed by atoms with Gasteiger partial charge in [-0.15, -0.1) is 0 Å². The van der Waals surface area contributed by atoms with Gasteiger partial charge in [0.2, 0.25) is 0 Å². The molecule has 0 fully saturated rings. The van der Waals surface area contributed by atoms with Crippen molar-refractivity contribution in [2.45, 2.75) is 13.5 Å². The van der Waals surface area contributed by atoms with Crippen LogP contribution in [0.2, 0.25) is 0 Å². The lowest BCUT2D eigenvalue weighted by Gasteiger charge is -2.05. The maximum absolute atomic E-state index is 10.5. The fourth-order valence-electron chi connectivity index (χ4n) is 1.09. The lowest BCUT2D eigenvalue weighted by Crippen LogP contribution is -2.15. The molecule has 0 heterocycles. The molecule has 0 unspecified atom stereocenters. The number of ether oxygens (including phenoxy) is 1. The van der Waals surface area contributed by atoms with Gasteiger partial charge in [-0.2, -0.15) is 0 Å². The SMILES string of the molecule is CCOc1cccc(CNC(=O)S)c1. The van der Waals surface area contributed by atoms with Gasteiger partial charge in [-0.1, -0.05) is 24.8 Å². The van der Waals surface area contributed by atoms with E-state index in [-0.39, 0.29) is 5.24 Å². The summed E-state index contributed by atoms with van der Waals surface area (Å²) in [4.78, 5) is 10.5. The van der Waals surface area contributed by atoms with Crippen LogP contribution in [0.15, 0.2) is 24.3 Å². The summed E-state index contributed by atoms with van der Waals surface area (Å²) in [5.41, 5.74) is 0.998.